The van der Waals surface area contributed by atoms with Crippen molar-refractivity contribution < 1.29 is 0 Å². The van der Waals surface area contributed by atoms with E-state index in [1.54, 1.807) is 12.4 Å². The fourth-order valence-corrected chi connectivity index (χ4v) is 1.67. The summed E-state index contributed by atoms with van der Waals surface area (Å²) >= 11 is 5.68. The fourth-order valence-electron chi connectivity index (χ4n) is 1.45. The molecular formula is C13H14ClN3. The van der Waals surface area contributed by atoms with Crippen LogP contribution in [0.2, 0.25) is 0 Å². The van der Waals surface area contributed by atoms with Crippen LogP contribution >= 0.6 is 11.6 Å². The fraction of sp³-hybridized carbons (Fsp3) is 0.231. The van der Waals surface area contributed by atoms with Gasteiger partial charge in [-0.05, 0) is 36.6 Å². The minimum atomic E-state index is 0.612. The molecule has 0 unspecified atom stereocenters. The molecule has 0 bridgehead atoms. The van der Waals surface area contributed by atoms with E-state index in [9.17, 15) is 0 Å². The van der Waals surface area contributed by atoms with Crippen LogP contribution in [-0.4, -0.2) is 15.8 Å². The van der Waals surface area contributed by atoms with Gasteiger partial charge in [-0.25, -0.2) is 9.97 Å². The van der Waals surface area contributed by atoms with Crippen molar-refractivity contribution in [3.8, 4) is 0 Å². The molecule has 0 atom stereocenters. The van der Waals surface area contributed by atoms with Gasteiger partial charge >= 0.3 is 0 Å². The number of hydrogen-bond acceptors (Lipinski definition) is 3. The maximum Gasteiger partial charge on any atom is 0.227 e. The van der Waals surface area contributed by atoms with E-state index >= 15 is 0 Å². The SMILES string of the molecule is Cc1cnc(Nc2ccc(CCCl)cc2)nc1. The Morgan fingerprint density at radius 2 is 1.76 bits per heavy atom. The Hall–Kier alpha value is -1.61. The minimum Gasteiger partial charge on any atom is -0.324 e. The Balaban J connectivity index is 2.05. The average Bonchev–Trinajstić information content (AvgIpc) is 2.35. The molecule has 0 amide bonds. The number of halogens is 1. The van der Waals surface area contributed by atoms with Crippen molar-refractivity contribution in [3.05, 3.63) is 47.8 Å². The van der Waals surface area contributed by atoms with Gasteiger partial charge in [0.25, 0.3) is 0 Å². The third-order valence-electron chi connectivity index (χ3n) is 2.37. The Bertz CT molecular complexity index is 465. The predicted molar refractivity (Wildman–Crippen MR) is 70.9 cm³/mol. The third-order valence-corrected chi connectivity index (χ3v) is 2.56. The standard InChI is InChI=1S/C13H14ClN3/c1-10-8-15-13(16-9-10)17-12-4-2-11(3-5-12)6-7-14/h2-5,8-9H,6-7H2,1H3,(H,15,16,17). The molecule has 88 valence electrons. The third kappa shape index (κ3) is 3.43. The quantitative estimate of drug-likeness (QED) is 0.843. The summed E-state index contributed by atoms with van der Waals surface area (Å²) in [5.41, 5.74) is 3.26. The van der Waals surface area contributed by atoms with E-state index in [-0.39, 0.29) is 0 Å². The van der Waals surface area contributed by atoms with Gasteiger partial charge in [0, 0.05) is 24.0 Å². The highest BCUT2D eigenvalue weighted by molar-refractivity contribution is 6.17. The molecule has 2 aromatic rings. The van der Waals surface area contributed by atoms with E-state index in [1.807, 2.05) is 19.1 Å². The summed E-state index contributed by atoms with van der Waals surface area (Å²) in [5, 5.41) is 3.15. The molecule has 0 aliphatic carbocycles. The molecule has 17 heavy (non-hydrogen) atoms. The topological polar surface area (TPSA) is 37.8 Å². The van der Waals surface area contributed by atoms with E-state index in [0.29, 0.717) is 11.8 Å². The molecule has 1 aromatic heterocycles. The van der Waals surface area contributed by atoms with Crippen molar-refractivity contribution in [1.82, 2.24) is 9.97 Å². The van der Waals surface area contributed by atoms with Crippen molar-refractivity contribution >= 4 is 23.2 Å². The first-order valence-corrected chi connectivity index (χ1v) is 6.02. The van der Waals surface area contributed by atoms with E-state index < -0.39 is 0 Å². The molecule has 0 aliphatic heterocycles. The van der Waals surface area contributed by atoms with E-state index in [2.05, 4.69) is 27.4 Å². The number of alkyl halides is 1. The van der Waals surface area contributed by atoms with Gasteiger partial charge in [0.05, 0.1) is 0 Å². The number of hydrogen-bond donors (Lipinski definition) is 1. The summed E-state index contributed by atoms with van der Waals surface area (Å²) in [5.74, 6) is 1.26. The van der Waals surface area contributed by atoms with Crippen LogP contribution in [0, 0.1) is 6.92 Å². The van der Waals surface area contributed by atoms with Crippen molar-refractivity contribution in [2.24, 2.45) is 0 Å². The molecule has 1 aromatic carbocycles. The maximum atomic E-state index is 5.68. The Kier molecular flexibility index (Phi) is 3.94. The van der Waals surface area contributed by atoms with Gasteiger partial charge < -0.3 is 5.32 Å². The van der Waals surface area contributed by atoms with E-state index in [4.69, 9.17) is 11.6 Å². The maximum absolute atomic E-state index is 5.68. The Labute approximate surface area is 106 Å². The van der Waals surface area contributed by atoms with Gasteiger partial charge in [-0.1, -0.05) is 12.1 Å². The van der Waals surface area contributed by atoms with Crippen LogP contribution in [-0.2, 0) is 6.42 Å². The normalized spacial score (nSPS) is 10.2. The predicted octanol–water partition coefficient (Wildman–Crippen LogP) is 3.31. The summed E-state index contributed by atoms with van der Waals surface area (Å²) in [6, 6.07) is 8.12. The highest BCUT2D eigenvalue weighted by Crippen LogP contribution is 2.14. The number of nitrogens with zero attached hydrogens (tertiary/aromatic N) is 2. The number of aryl methyl sites for hydroxylation is 2. The van der Waals surface area contributed by atoms with Crippen molar-refractivity contribution in [3.63, 3.8) is 0 Å². The summed E-state index contributed by atoms with van der Waals surface area (Å²) in [6.07, 6.45) is 4.47. The summed E-state index contributed by atoms with van der Waals surface area (Å²) in [4.78, 5) is 8.38. The second kappa shape index (κ2) is 5.64. The lowest BCUT2D eigenvalue weighted by Crippen LogP contribution is -1.97. The lowest BCUT2D eigenvalue weighted by Gasteiger charge is -2.05. The zero-order valence-electron chi connectivity index (χ0n) is 9.65. The van der Waals surface area contributed by atoms with Crippen molar-refractivity contribution in [1.29, 1.82) is 0 Å². The molecule has 4 heteroatoms. The summed E-state index contributed by atoms with van der Waals surface area (Å²) in [7, 11) is 0. The number of nitrogens with one attached hydrogen (secondary N) is 1. The van der Waals surface area contributed by atoms with Crippen LogP contribution in [0.15, 0.2) is 36.7 Å². The first kappa shape index (κ1) is 11.9. The van der Waals surface area contributed by atoms with Crippen LogP contribution in [0.1, 0.15) is 11.1 Å². The Morgan fingerprint density at radius 1 is 1.12 bits per heavy atom. The van der Waals surface area contributed by atoms with E-state index in [0.717, 1.165) is 17.7 Å². The molecule has 0 aliphatic rings. The summed E-state index contributed by atoms with van der Waals surface area (Å²) in [6.45, 7) is 1.96. The van der Waals surface area contributed by atoms with Gasteiger partial charge in [-0.15, -0.1) is 11.6 Å². The zero-order chi connectivity index (χ0) is 12.1. The van der Waals surface area contributed by atoms with Crippen LogP contribution in [0.4, 0.5) is 11.6 Å². The molecule has 1 heterocycles. The molecule has 0 radical (unpaired) electrons. The number of aromatic nitrogens is 2. The van der Waals surface area contributed by atoms with Gasteiger partial charge in [0.15, 0.2) is 0 Å². The smallest absolute Gasteiger partial charge is 0.227 e. The van der Waals surface area contributed by atoms with Crippen LogP contribution in [0.25, 0.3) is 0 Å². The van der Waals surface area contributed by atoms with Crippen LogP contribution < -0.4 is 5.32 Å². The number of anilines is 2. The first-order chi connectivity index (χ1) is 8.28. The van der Waals surface area contributed by atoms with Crippen LogP contribution in [0.3, 0.4) is 0 Å². The average molecular weight is 248 g/mol. The van der Waals surface area contributed by atoms with Gasteiger partial charge in [-0.3, -0.25) is 0 Å². The zero-order valence-corrected chi connectivity index (χ0v) is 10.4. The van der Waals surface area contributed by atoms with Gasteiger partial charge in [0.1, 0.15) is 0 Å². The molecular weight excluding hydrogens is 234 g/mol. The molecule has 2 rings (SSSR count). The minimum absolute atomic E-state index is 0.612. The molecule has 0 saturated carbocycles. The van der Waals surface area contributed by atoms with Gasteiger partial charge in [-0.2, -0.15) is 0 Å². The van der Waals surface area contributed by atoms with Gasteiger partial charge in [0.2, 0.25) is 5.95 Å². The number of rotatable bonds is 4. The molecule has 0 saturated heterocycles. The largest absolute Gasteiger partial charge is 0.324 e. The Morgan fingerprint density at radius 3 is 2.35 bits per heavy atom. The number of benzene rings is 1. The highest BCUT2D eigenvalue weighted by atomic mass is 35.5. The molecule has 3 nitrogen and oxygen atoms in total. The molecule has 0 spiro atoms. The monoisotopic (exact) mass is 247 g/mol. The lowest BCUT2D eigenvalue weighted by atomic mass is 10.1. The summed E-state index contributed by atoms with van der Waals surface area (Å²) < 4.78 is 0. The second-order valence-electron chi connectivity index (χ2n) is 3.84. The lowest BCUT2D eigenvalue weighted by molar-refractivity contribution is 1.12. The molecule has 1 N–H and O–H groups in total. The molecule has 0 fully saturated rings. The van der Waals surface area contributed by atoms with Crippen molar-refractivity contribution in [2.45, 2.75) is 13.3 Å². The van der Waals surface area contributed by atoms with Crippen LogP contribution in [0.5, 0.6) is 0 Å². The first-order valence-electron chi connectivity index (χ1n) is 5.48. The highest BCUT2D eigenvalue weighted by Gasteiger charge is 1.97. The van der Waals surface area contributed by atoms with E-state index in [1.165, 1.54) is 5.56 Å². The second-order valence-corrected chi connectivity index (χ2v) is 4.22. The van der Waals surface area contributed by atoms with Crippen molar-refractivity contribution in [2.75, 3.05) is 11.2 Å².